The zero-order valence-corrected chi connectivity index (χ0v) is 12.4. The fourth-order valence-corrected chi connectivity index (χ4v) is 2.67. The van der Waals surface area contributed by atoms with Gasteiger partial charge in [0.05, 0.1) is 10.6 Å². The first-order valence-corrected chi connectivity index (χ1v) is 7.45. The Hall–Kier alpha value is -2.44. The molecule has 0 heterocycles. The van der Waals surface area contributed by atoms with E-state index >= 15 is 0 Å². The predicted molar refractivity (Wildman–Crippen MR) is 80.5 cm³/mol. The second-order valence-corrected chi connectivity index (χ2v) is 6.12. The lowest BCUT2D eigenvalue weighted by molar-refractivity contribution is 0.570. The van der Waals surface area contributed by atoms with E-state index in [0.717, 1.165) is 0 Å². The summed E-state index contributed by atoms with van der Waals surface area (Å²) < 4.78 is 26.5. The maximum Gasteiger partial charge on any atom is 0.240 e. The van der Waals surface area contributed by atoms with Crippen molar-refractivity contribution in [3.8, 4) is 6.07 Å². The number of nitriles is 1. The van der Waals surface area contributed by atoms with E-state index in [1.165, 1.54) is 18.2 Å². The van der Waals surface area contributed by atoms with Gasteiger partial charge < -0.3 is 5.73 Å². The van der Waals surface area contributed by atoms with E-state index in [2.05, 4.69) is 15.2 Å². The van der Waals surface area contributed by atoms with Gasteiger partial charge in [0, 0.05) is 6.04 Å². The summed E-state index contributed by atoms with van der Waals surface area (Å²) >= 11 is 0. The molecular formula is C12H16N6O2S. The van der Waals surface area contributed by atoms with Gasteiger partial charge in [-0.1, -0.05) is 6.07 Å². The molecule has 112 valence electrons. The number of amidine groups is 1. The zero-order chi connectivity index (χ0) is 16.0. The summed E-state index contributed by atoms with van der Waals surface area (Å²) in [5.74, 6) is -0.477. The molecule has 8 nitrogen and oxygen atoms in total. The van der Waals surface area contributed by atoms with Crippen LogP contribution >= 0.6 is 0 Å². The van der Waals surface area contributed by atoms with Gasteiger partial charge in [-0.05, 0) is 32.0 Å². The van der Waals surface area contributed by atoms with E-state index in [1.807, 2.05) is 0 Å². The molecule has 1 aromatic rings. The Kier molecular flexibility index (Phi) is 5.40. The summed E-state index contributed by atoms with van der Waals surface area (Å²) in [5, 5.41) is 19.5. The smallest absolute Gasteiger partial charge is 0.240 e. The Morgan fingerprint density at radius 1 is 1.48 bits per heavy atom. The monoisotopic (exact) mass is 308 g/mol. The molecule has 0 saturated carbocycles. The first kappa shape index (κ1) is 16.6. The van der Waals surface area contributed by atoms with Crippen LogP contribution in [0.4, 0.5) is 5.69 Å². The zero-order valence-electron chi connectivity index (χ0n) is 11.6. The highest BCUT2D eigenvalue weighted by atomic mass is 32.2. The number of hydrazone groups is 1. The molecule has 0 fully saturated rings. The van der Waals surface area contributed by atoms with Crippen LogP contribution in [0.25, 0.3) is 0 Å². The van der Waals surface area contributed by atoms with Gasteiger partial charge in [0.25, 0.3) is 0 Å². The normalized spacial score (nSPS) is 12.0. The molecule has 0 aromatic heterocycles. The van der Waals surface area contributed by atoms with Crippen LogP contribution in [0.3, 0.4) is 0 Å². The average molecular weight is 308 g/mol. The Morgan fingerprint density at radius 2 is 2.14 bits per heavy atom. The maximum absolute atomic E-state index is 12.0. The van der Waals surface area contributed by atoms with Crippen LogP contribution < -0.4 is 15.9 Å². The number of nitrogens with two attached hydrogens (primary N) is 1. The van der Waals surface area contributed by atoms with Crippen molar-refractivity contribution in [2.75, 3.05) is 5.43 Å². The molecule has 21 heavy (non-hydrogen) atoms. The number of nitrogens with zero attached hydrogens (tertiary/aromatic N) is 2. The second-order valence-electron chi connectivity index (χ2n) is 4.40. The number of hydrogen-bond acceptors (Lipinski definition) is 6. The molecule has 0 bridgehead atoms. The van der Waals surface area contributed by atoms with Gasteiger partial charge in [-0.3, -0.25) is 10.8 Å². The number of sulfonamides is 1. The molecule has 0 atom stereocenters. The van der Waals surface area contributed by atoms with Crippen molar-refractivity contribution in [2.24, 2.45) is 10.8 Å². The maximum atomic E-state index is 12.0. The van der Waals surface area contributed by atoms with Gasteiger partial charge in [0.1, 0.15) is 6.07 Å². The molecule has 0 unspecified atom stereocenters. The molecule has 0 radical (unpaired) electrons. The predicted octanol–water partition coefficient (Wildman–Crippen LogP) is 0.601. The highest BCUT2D eigenvalue weighted by Gasteiger charge is 2.15. The lowest BCUT2D eigenvalue weighted by atomic mass is 10.3. The minimum absolute atomic E-state index is 0.0673. The molecule has 0 aliphatic rings. The first-order chi connectivity index (χ1) is 9.76. The minimum Gasteiger partial charge on any atom is -0.382 e. The van der Waals surface area contributed by atoms with Crippen LogP contribution in [0.2, 0.25) is 0 Å². The summed E-state index contributed by atoms with van der Waals surface area (Å²) in [5.41, 5.74) is 7.71. The van der Waals surface area contributed by atoms with Gasteiger partial charge in [-0.2, -0.15) is 10.4 Å². The van der Waals surface area contributed by atoms with Crippen LogP contribution in [0.5, 0.6) is 0 Å². The van der Waals surface area contributed by atoms with Crippen LogP contribution in [-0.4, -0.2) is 26.0 Å². The van der Waals surface area contributed by atoms with E-state index in [1.54, 1.807) is 26.0 Å². The van der Waals surface area contributed by atoms with Crippen molar-refractivity contribution >= 4 is 27.3 Å². The summed E-state index contributed by atoms with van der Waals surface area (Å²) in [7, 11) is -3.61. The molecule has 1 rings (SSSR count). The van der Waals surface area contributed by atoms with Gasteiger partial charge in [-0.25, -0.2) is 13.1 Å². The molecule has 0 aliphatic carbocycles. The largest absolute Gasteiger partial charge is 0.382 e. The summed E-state index contributed by atoms with van der Waals surface area (Å²) in [4.78, 5) is 0.0673. The number of nitrogens with one attached hydrogen (secondary N) is 3. The first-order valence-electron chi connectivity index (χ1n) is 5.97. The van der Waals surface area contributed by atoms with E-state index in [0.29, 0.717) is 5.69 Å². The lowest BCUT2D eigenvalue weighted by Crippen LogP contribution is -2.30. The molecule has 0 amide bonds. The van der Waals surface area contributed by atoms with Crippen LogP contribution in [0.15, 0.2) is 34.3 Å². The Labute approximate surface area is 123 Å². The third-order valence-electron chi connectivity index (χ3n) is 2.19. The van der Waals surface area contributed by atoms with E-state index in [4.69, 9.17) is 16.4 Å². The summed E-state index contributed by atoms with van der Waals surface area (Å²) in [6.45, 7) is 3.44. The van der Waals surface area contributed by atoms with Gasteiger partial charge in [-0.15, -0.1) is 0 Å². The second kappa shape index (κ2) is 6.83. The van der Waals surface area contributed by atoms with Crippen LogP contribution in [0, 0.1) is 16.7 Å². The molecule has 9 heteroatoms. The van der Waals surface area contributed by atoms with Crippen molar-refractivity contribution in [1.82, 2.24) is 4.72 Å². The number of benzene rings is 1. The van der Waals surface area contributed by atoms with Crippen LogP contribution in [-0.2, 0) is 10.0 Å². The van der Waals surface area contributed by atoms with Crippen molar-refractivity contribution in [3.05, 3.63) is 24.3 Å². The SMILES string of the molecule is CC(C)NS(=O)(=O)c1cccc(N/N=C(\C#N)C(=N)N)c1. The van der Waals surface area contributed by atoms with Crippen molar-refractivity contribution in [1.29, 1.82) is 10.7 Å². The summed E-state index contributed by atoms with van der Waals surface area (Å²) in [6.07, 6.45) is 0. The number of anilines is 1. The number of rotatable bonds is 6. The highest BCUT2D eigenvalue weighted by molar-refractivity contribution is 7.89. The molecule has 0 aliphatic heterocycles. The lowest BCUT2D eigenvalue weighted by Gasteiger charge is -2.10. The topological polar surface area (TPSA) is 144 Å². The fourth-order valence-electron chi connectivity index (χ4n) is 1.38. The van der Waals surface area contributed by atoms with E-state index in [-0.39, 0.29) is 16.6 Å². The van der Waals surface area contributed by atoms with Crippen molar-refractivity contribution in [2.45, 2.75) is 24.8 Å². The molecule has 1 aromatic carbocycles. The molecule has 0 spiro atoms. The Bertz CT molecular complexity index is 703. The molecular weight excluding hydrogens is 292 g/mol. The van der Waals surface area contributed by atoms with Crippen LogP contribution in [0.1, 0.15) is 13.8 Å². The van der Waals surface area contributed by atoms with Gasteiger partial charge in [0.15, 0.2) is 5.84 Å². The number of hydrogen-bond donors (Lipinski definition) is 4. The molecule has 0 saturated heterocycles. The van der Waals surface area contributed by atoms with Crippen molar-refractivity contribution in [3.63, 3.8) is 0 Å². The third-order valence-corrected chi connectivity index (χ3v) is 3.85. The third kappa shape index (κ3) is 4.87. The Morgan fingerprint density at radius 3 is 2.67 bits per heavy atom. The minimum atomic E-state index is -3.61. The van der Waals surface area contributed by atoms with Gasteiger partial charge >= 0.3 is 0 Å². The van der Waals surface area contributed by atoms with E-state index in [9.17, 15) is 8.42 Å². The fraction of sp³-hybridized carbons (Fsp3) is 0.250. The van der Waals surface area contributed by atoms with E-state index < -0.39 is 15.9 Å². The average Bonchev–Trinajstić information content (AvgIpc) is 2.38. The summed E-state index contributed by atoms with van der Waals surface area (Å²) in [6, 6.07) is 7.34. The standard InChI is InChI=1S/C12H16N6O2S/c1-8(2)18-21(19,20)10-5-3-4-9(6-10)16-17-11(7-13)12(14)15/h3-6,8,16,18H,1-2H3,(H3,14,15)/b17-11+. The van der Waals surface area contributed by atoms with Gasteiger partial charge in [0.2, 0.25) is 15.7 Å². The quantitative estimate of drug-likeness (QED) is 0.345. The highest BCUT2D eigenvalue weighted by Crippen LogP contribution is 2.15. The molecule has 5 N–H and O–H groups in total. The Balaban J connectivity index is 3.02. The van der Waals surface area contributed by atoms with Crippen molar-refractivity contribution < 1.29 is 8.42 Å².